The van der Waals surface area contributed by atoms with Crippen molar-refractivity contribution in [1.82, 2.24) is 5.32 Å². The third kappa shape index (κ3) is 7.44. The van der Waals surface area contributed by atoms with E-state index in [2.05, 4.69) is 26.6 Å². The van der Waals surface area contributed by atoms with Crippen LogP contribution in [0, 0.1) is 0 Å². The van der Waals surface area contributed by atoms with Gasteiger partial charge < -0.3 is 20.1 Å². The van der Waals surface area contributed by atoms with Gasteiger partial charge in [0.05, 0.1) is 25.7 Å². The summed E-state index contributed by atoms with van der Waals surface area (Å²) >= 11 is 4.63. The van der Waals surface area contributed by atoms with Gasteiger partial charge in [-0.15, -0.1) is 11.8 Å². The largest absolute Gasteiger partial charge is 0.493 e. The molecule has 6 nitrogen and oxygen atoms in total. The molecule has 28 heavy (non-hydrogen) atoms. The highest BCUT2D eigenvalue weighted by Gasteiger charge is 2.08. The summed E-state index contributed by atoms with van der Waals surface area (Å²) in [5.74, 6) is 1.56. The third-order valence-corrected chi connectivity index (χ3v) is 5.18. The van der Waals surface area contributed by atoms with E-state index in [0.717, 1.165) is 15.7 Å². The Kier molecular flexibility index (Phi) is 9.16. The molecule has 0 atom stereocenters. The lowest BCUT2D eigenvalue weighted by atomic mass is 10.1. The molecule has 150 valence electrons. The summed E-state index contributed by atoms with van der Waals surface area (Å²) in [6, 6.07) is 13.0. The van der Waals surface area contributed by atoms with E-state index in [9.17, 15) is 9.59 Å². The average molecular weight is 467 g/mol. The van der Waals surface area contributed by atoms with Crippen LogP contribution in [-0.2, 0) is 16.0 Å². The summed E-state index contributed by atoms with van der Waals surface area (Å²) in [5.41, 5.74) is 1.76. The Bertz CT molecular complexity index is 817. The third-order valence-electron chi connectivity index (χ3n) is 3.76. The molecule has 2 aromatic rings. The van der Waals surface area contributed by atoms with Crippen molar-refractivity contribution in [2.24, 2.45) is 0 Å². The van der Waals surface area contributed by atoms with E-state index in [-0.39, 0.29) is 23.3 Å². The molecule has 0 aliphatic heterocycles. The molecule has 2 amide bonds. The number of carbonyl (C=O) groups is 2. The first kappa shape index (κ1) is 22.1. The molecular weight excluding hydrogens is 444 g/mol. The summed E-state index contributed by atoms with van der Waals surface area (Å²) in [4.78, 5) is 23.8. The second-order valence-corrected chi connectivity index (χ2v) is 7.74. The van der Waals surface area contributed by atoms with Crippen LogP contribution >= 0.6 is 27.7 Å². The van der Waals surface area contributed by atoms with Gasteiger partial charge in [-0.3, -0.25) is 9.59 Å². The number of rotatable bonds is 10. The number of thioether (sulfide) groups is 1. The Morgan fingerprint density at radius 1 is 1.00 bits per heavy atom. The lowest BCUT2D eigenvalue weighted by molar-refractivity contribution is -0.118. The second-order valence-electron chi connectivity index (χ2n) is 5.84. The number of hydrogen-bond donors (Lipinski definition) is 2. The molecule has 8 heteroatoms. The number of hydrogen-bond acceptors (Lipinski definition) is 5. The standard InChI is InChI=1S/C20H23BrN2O4S/c1-26-17-7-6-14(10-18(17)27-2)8-9-22-19(24)12-28-13-20(25)23-16-5-3-4-15(21)11-16/h3-7,10-11H,8-9,12-13H2,1-2H3,(H,22,24)(H,23,25). The Morgan fingerprint density at radius 3 is 2.46 bits per heavy atom. The van der Waals surface area contributed by atoms with Gasteiger partial charge in [0, 0.05) is 16.7 Å². The first-order valence-corrected chi connectivity index (χ1v) is 10.6. The van der Waals surface area contributed by atoms with Gasteiger partial charge in [-0.05, 0) is 42.3 Å². The van der Waals surface area contributed by atoms with Crippen LogP contribution in [0.15, 0.2) is 46.9 Å². The van der Waals surface area contributed by atoms with Crippen LogP contribution in [-0.4, -0.2) is 44.1 Å². The molecule has 0 heterocycles. The first-order chi connectivity index (χ1) is 13.5. The fourth-order valence-electron chi connectivity index (χ4n) is 2.43. The van der Waals surface area contributed by atoms with Crippen molar-refractivity contribution >= 4 is 45.2 Å². The predicted molar refractivity (Wildman–Crippen MR) is 116 cm³/mol. The van der Waals surface area contributed by atoms with E-state index >= 15 is 0 Å². The number of halogens is 1. The molecule has 0 aliphatic carbocycles. The van der Waals surface area contributed by atoms with Crippen molar-refractivity contribution < 1.29 is 19.1 Å². The maximum absolute atomic E-state index is 11.9. The van der Waals surface area contributed by atoms with Crippen molar-refractivity contribution in [3.63, 3.8) is 0 Å². The molecule has 0 unspecified atom stereocenters. The number of carbonyl (C=O) groups excluding carboxylic acids is 2. The van der Waals surface area contributed by atoms with Crippen LogP contribution in [0.3, 0.4) is 0 Å². The van der Waals surface area contributed by atoms with Gasteiger partial charge in [-0.1, -0.05) is 28.1 Å². The van der Waals surface area contributed by atoms with Crippen LogP contribution in [0.5, 0.6) is 11.5 Å². The van der Waals surface area contributed by atoms with Gasteiger partial charge in [0.2, 0.25) is 11.8 Å². The van der Waals surface area contributed by atoms with Crippen LogP contribution in [0.2, 0.25) is 0 Å². The number of ether oxygens (including phenoxy) is 2. The van der Waals surface area contributed by atoms with Gasteiger partial charge in [0.25, 0.3) is 0 Å². The topological polar surface area (TPSA) is 76.7 Å². The normalized spacial score (nSPS) is 10.2. The molecular formula is C20H23BrN2O4S. The highest BCUT2D eigenvalue weighted by atomic mass is 79.9. The zero-order chi connectivity index (χ0) is 20.4. The molecule has 0 fully saturated rings. The van der Waals surface area contributed by atoms with Crippen LogP contribution in [0.4, 0.5) is 5.69 Å². The molecule has 2 aromatic carbocycles. The van der Waals surface area contributed by atoms with Crippen LogP contribution < -0.4 is 20.1 Å². The van der Waals surface area contributed by atoms with E-state index in [1.807, 2.05) is 42.5 Å². The molecule has 0 aliphatic rings. The Balaban J connectivity index is 1.65. The van der Waals surface area contributed by atoms with E-state index in [1.165, 1.54) is 11.8 Å². The van der Waals surface area contributed by atoms with Gasteiger partial charge in [-0.25, -0.2) is 0 Å². The SMILES string of the molecule is COc1ccc(CCNC(=O)CSCC(=O)Nc2cccc(Br)c2)cc1OC. The fourth-order valence-corrected chi connectivity index (χ4v) is 3.48. The Hall–Kier alpha value is -2.19. The summed E-state index contributed by atoms with van der Waals surface area (Å²) in [7, 11) is 3.18. The van der Waals surface area contributed by atoms with Gasteiger partial charge in [-0.2, -0.15) is 0 Å². The molecule has 0 aromatic heterocycles. The summed E-state index contributed by atoms with van der Waals surface area (Å²) in [6.07, 6.45) is 0.681. The number of methoxy groups -OCH3 is 2. The summed E-state index contributed by atoms with van der Waals surface area (Å²) in [6.45, 7) is 0.513. The van der Waals surface area contributed by atoms with Crippen molar-refractivity contribution in [2.75, 3.05) is 37.6 Å². The lowest BCUT2D eigenvalue weighted by Crippen LogP contribution is -2.28. The van der Waals surface area contributed by atoms with E-state index in [4.69, 9.17) is 9.47 Å². The fraction of sp³-hybridized carbons (Fsp3) is 0.300. The Morgan fingerprint density at radius 2 is 1.75 bits per heavy atom. The first-order valence-electron chi connectivity index (χ1n) is 8.62. The second kappa shape index (κ2) is 11.6. The minimum atomic E-state index is -0.138. The van der Waals surface area contributed by atoms with E-state index in [0.29, 0.717) is 24.5 Å². The van der Waals surface area contributed by atoms with Crippen LogP contribution in [0.25, 0.3) is 0 Å². The van der Waals surface area contributed by atoms with Crippen molar-refractivity contribution in [2.45, 2.75) is 6.42 Å². The molecule has 0 spiro atoms. The average Bonchev–Trinajstić information content (AvgIpc) is 2.67. The number of amides is 2. The number of nitrogens with one attached hydrogen (secondary N) is 2. The molecule has 0 bridgehead atoms. The van der Waals surface area contributed by atoms with Crippen molar-refractivity contribution in [3.8, 4) is 11.5 Å². The van der Waals surface area contributed by atoms with E-state index < -0.39 is 0 Å². The summed E-state index contributed by atoms with van der Waals surface area (Å²) in [5, 5.41) is 5.66. The minimum absolute atomic E-state index is 0.0965. The number of benzene rings is 2. The molecule has 2 rings (SSSR count). The highest BCUT2D eigenvalue weighted by Crippen LogP contribution is 2.27. The minimum Gasteiger partial charge on any atom is -0.493 e. The van der Waals surface area contributed by atoms with Gasteiger partial charge in [0.15, 0.2) is 11.5 Å². The molecule has 2 N–H and O–H groups in total. The van der Waals surface area contributed by atoms with Gasteiger partial charge >= 0.3 is 0 Å². The Labute approximate surface area is 177 Å². The maximum Gasteiger partial charge on any atom is 0.234 e. The molecule has 0 radical (unpaired) electrons. The molecule has 0 saturated heterocycles. The zero-order valence-electron chi connectivity index (χ0n) is 15.8. The maximum atomic E-state index is 11.9. The predicted octanol–water partition coefficient (Wildman–Crippen LogP) is 3.50. The van der Waals surface area contributed by atoms with Gasteiger partial charge in [0.1, 0.15) is 0 Å². The smallest absolute Gasteiger partial charge is 0.234 e. The van der Waals surface area contributed by atoms with Crippen molar-refractivity contribution in [1.29, 1.82) is 0 Å². The highest BCUT2D eigenvalue weighted by molar-refractivity contribution is 9.10. The van der Waals surface area contributed by atoms with E-state index in [1.54, 1.807) is 14.2 Å². The quantitative estimate of drug-likeness (QED) is 0.560. The van der Waals surface area contributed by atoms with Crippen LogP contribution in [0.1, 0.15) is 5.56 Å². The summed E-state index contributed by atoms with van der Waals surface area (Å²) < 4.78 is 11.4. The molecule has 0 saturated carbocycles. The lowest BCUT2D eigenvalue weighted by Gasteiger charge is -2.10. The van der Waals surface area contributed by atoms with Crippen molar-refractivity contribution in [3.05, 3.63) is 52.5 Å². The monoisotopic (exact) mass is 466 g/mol. The zero-order valence-corrected chi connectivity index (χ0v) is 18.2. The number of anilines is 1.